The molecule has 0 radical (unpaired) electrons. The average molecular weight is 196 g/mol. The molecule has 5 heteroatoms. The molecule has 1 saturated heterocycles. The van der Waals surface area contributed by atoms with E-state index in [1.807, 2.05) is 0 Å². The van der Waals surface area contributed by atoms with Crippen molar-refractivity contribution in [2.24, 2.45) is 10.2 Å². The molecule has 0 N–H and O–H groups in total. The van der Waals surface area contributed by atoms with Crippen molar-refractivity contribution in [3.8, 4) is 0 Å². The SMILES string of the molecule is CC1(C)OB(C2CN=NC2)OC1(C)C. The fraction of sp³-hybridized carbons (Fsp3) is 1.00. The van der Waals surface area contributed by atoms with Crippen LogP contribution in [0.2, 0.25) is 5.82 Å². The predicted octanol–water partition coefficient (Wildman–Crippen LogP) is 1.91. The predicted molar refractivity (Wildman–Crippen MR) is 54.4 cm³/mol. The van der Waals surface area contributed by atoms with E-state index in [0.29, 0.717) is 5.82 Å². The summed E-state index contributed by atoms with van der Waals surface area (Å²) in [4.78, 5) is 0. The summed E-state index contributed by atoms with van der Waals surface area (Å²) in [5.41, 5.74) is -0.472. The smallest absolute Gasteiger partial charge is 0.403 e. The Morgan fingerprint density at radius 3 is 1.86 bits per heavy atom. The van der Waals surface area contributed by atoms with Gasteiger partial charge in [-0.3, -0.25) is 0 Å². The Bertz CT molecular complexity index is 242. The Morgan fingerprint density at radius 2 is 1.43 bits per heavy atom. The first-order valence-electron chi connectivity index (χ1n) is 5.11. The highest BCUT2D eigenvalue weighted by Crippen LogP contribution is 2.40. The van der Waals surface area contributed by atoms with Gasteiger partial charge < -0.3 is 9.31 Å². The zero-order chi connectivity index (χ0) is 10.4. The van der Waals surface area contributed by atoms with Crippen molar-refractivity contribution in [3.63, 3.8) is 0 Å². The molecule has 0 aliphatic carbocycles. The number of hydrogen-bond donors (Lipinski definition) is 0. The Labute approximate surface area is 85.2 Å². The van der Waals surface area contributed by atoms with Gasteiger partial charge in [-0.1, -0.05) is 0 Å². The van der Waals surface area contributed by atoms with Crippen LogP contribution in [0.25, 0.3) is 0 Å². The van der Waals surface area contributed by atoms with Crippen LogP contribution in [0.15, 0.2) is 10.2 Å². The maximum absolute atomic E-state index is 5.91. The van der Waals surface area contributed by atoms with Gasteiger partial charge in [0.1, 0.15) is 0 Å². The van der Waals surface area contributed by atoms with E-state index in [0.717, 1.165) is 13.1 Å². The number of rotatable bonds is 1. The quantitative estimate of drug-likeness (QED) is 0.601. The lowest BCUT2D eigenvalue weighted by Crippen LogP contribution is -2.41. The second-order valence-corrected chi connectivity index (χ2v) is 5.03. The largest absolute Gasteiger partial charge is 0.465 e. The first-order chi connectivity index (χ1) is 6.42. The Balaban J connectivity index is 2.06. The van der Waals surface area contributed by atoms with Gasteiger partial charge in [-0.2, -0.15) is 10.2 Å². The van der Waals surface area contributed by atoms with Crippen LogP contribution >= 0.6 is 0 Å². The lowest BCUT2D eigenvalue weighted by atomic mass is 9.72. The van der Waals surface area contributed by atoms with Gasteiger partial charge in [-0.05, 0) is 27.7 Å². The van der Waals surface area contributed by atoms with Gasteiger partial charge in [0.05, 0.1) is 24.3 Å². The molecular formula is C9H17BN2O2. The zero-order valence-electron chi connectivity index (χ0n) is 9.28. The Hall–Kier alpha value is -0.415. The Kier molecular flexibility index (Phi) is 2.19. The molecule has 14 heavy (non-hydrogen) atoms. The van der Waals surface area contributed by atoms with Crippen LogP contribution in [0.5, 0.6) is 0 Å². The fourth-order valence-electron chi connectivity index (χ4n) is 1.64. The summed E-state index contributed by atoms with van der Waals surface area (Å²) in [6, 6.07) is 0. The molecule has 0 atom stereocenters. The third kappa shape index (κ3) is 1.48. The summed E-state index contributed by atoms with van der Waals surface area (Å²) in [5, 5.41) is 7.94. The molecule has 0 unspecified atom stereocenters. The van der Waals surface area contributed by atoms with Crippen molar-refractivity contribution in [3.05, 3.63) is 0 Å². The lowest BCUT2D eigenvalue weighted by Gasteiger charge is -2.32. The Morgan fingerprint density at radius 1 is 1.00 bits per heavy atom. The summed E-state index contributed by atoms with van der Waals surface area (Å²) < 4.78 is 11.8. The molecule has 0 bridgehead atoms. The molecule has 0 spiro atoms. The molecule has 0 saturated carbocycles. The van der Waals surface area contributed by atoms with Crippen LogP contribution in [0.4, 0.5) is 0 Å². The topological polar surface area (TPSA) is 43.2 Å². The first kappa shape index (κ1) is 10.1. The molecule has 1 fully saturated rings. The standard InChI is InChI=1S/C9H17BN2O2/c1-8(2)9(3,4)14-10(13-8)7-5-11-12-6-7/h7H,5-6H2,1-4H3. The summed E-state index contributed by atoms with van der Waals surface area (Å²) in [7, 11) is -0.144. The minimum Gasteiger partial charge on any atom is -0.403 e. The molecule has 2 aliphatic rings. The molecule has 0 aromatic rings. The summed E-state index contributed by atoms with van der Waals surface area (Å²) >= 11 is 0. The van der Waals surface area contributed by atoms with Crippen molar-refractivity contribution in [1.29, 1.82) is 0 Å². The minimum atomic E-state index is -0.236. The van der Waals surface area contributed by atoms with E-state index in [1.54, 1.807) is 0 Å². The molecule has 0 amide bonds. The maximum Gasteiger partial charge on any atom is 0.465 e. The first-order valence-corrected chi connectivity index (χ1v) is 5.11. The highest BCUT2D eigenvalue weighted by atomic mass is 16.7. The van der Waals surface area contributed by atoms with Crippen LogP contribution in [0.3, 0.4) is 0 Å². The number of azo groups is 1. The molecule has 4 nitrogen and oxygen atoms in total. The van der Waals surface area contributed by atoms with Gasteiger partial charge in [0, 0.05) is 5.82 Å². The lowest BCUT2D eigenvalue weighted by molar-refractivity contribution is 0.00578. The van der Waals surface area contributed by atoms with E-state index in [1.165, 1.54) is 0 Å². The van der Waals surface area contributed by atoms with Crippen molar-refractivity contribution in [2.75, 3.05) is 13.1 Å². The van der Waals surface area contributed by atoms with E-state index in [9.17, 15) is 0 Å². The van der Waals surface area contributed by atoms with E-state index in [-0.39, 0.29) is 18.3 Å². The van der Waals surface area contributed by atoms with Crippen molar-refractivity contribution in [1.82, 2.24) is 0 Å². The highest BCUT2D eigenvalue weighted by Gasteiger charge is 2.54. The third-order valence-corrected chi connectivity index (χ3v) is 3.39. The van der Waals surface area contributed by atoms with Crippen LogP contribution in [-0.4, -0.2) is 31.4 Å². The van der Waals surface area contributed by atoms with E-state index in [4.69, 9.17) is 9.31 Å². The van der Waals surface area contributed by atoms with Gasteiger partial charge in [0.2, 0.25) is 0 Å². The fourth-order valence-corrected chi connectivity index (χ4v) is 1.64. The minimum absolute atomic E-state index is 0.144. The molecule has 2 heterocycles. The second kappa shape index (κ2) is 3.04. The van der Waals surface area contributed by atoms with Crippen LogP contribution < -0.4 is 0 Å². The summed E-state index contributed by atoms with van der Waals surface area (Å²) in [5.74, 6) is 0.302. The molecular weight excluding hydrogens is 179 g/mol. The van der Waals surface area contributed by atoms with Crippen molar-refractivity contribution in [2.45, 2.75) is 44.7 Å². The molecule has 0 aromatic carbocycles. The summed E-state index contributed by atoms with van der Waals surface area (Å²) in [6.45, 7) is 9.73. The number of hydrogen-bond acceptors (Lipinski definition) is 4. The van der Waals surface area contributed by atoms with Gasteiger partial charge in [0.15, 0.2) is 0 Å². The van der Waals surface area contributed by atoms with Gasteiger partial charge in [0.25, 0.3) is 0 Å². The van der Waals surface area contributed by atoms with Crippen LogP contribution in [-0.2, 0) is 9.31 Å². The second-order valence-electron chi connectivity index (χ2n) is 5.03. The monoisotopic (exact) mass is 196 g/mol. The van der Waals surface area contributed by atoms with Crippen molar-refractivity contribution < 1.29 is 9.31 Å². The van der Waals surface area contributed by atoms with Gasteiger partial charge >= 0.3 is 7.12 Å². The van der Waals surface area contributed by atoms with Gasteiger partial charge in [-0.25, -0.2) is 0 Å². The zero-order valence-corrected chi connectivity index (χ0v) is 9.28. The van der Waals surface area contributed by atoms with E-state index >= 15 is 0 Å². The van der Waals surface area contributed by atoms with Crippen molar-refractivity contribution >= 4 is 7.12 Å². The maximum atomic E-state index is 5.91. The van der Waals surface area contributed by atoms with Crippen LogP contribution in [0, 0.1) is 0 Å². The number of nitrogens with zero attached hydrogens (tertiary/aromatic N) is 2. The van der Waals surface area contributed by atoms with E-state index in [2.05, 4.69) is 37.9 Å². The van der Waals surface area contributed by atoms with Gasteiger partial charge in [-0.15, -0.1) is 0 Å². The van der Waals surface area contributed by atoms with Crippen LogP contribution in [0.1, 0.15) is 27.7 Å². The average Bonchev–Trinajstić information content (AvgIpc) is 2.58. The summed E-state index contributed by atoms with van der Waals surface area (Å²) in [6.07, 6.45) is 0. The van der Waals surface area contributed by atoms with E-state index < -0.39 is 0 Å². The third-order valence-electron chi connectivity index (χ3n) is 3.39. The molecule has 2 rings (SSSR count). The molecule has 78 valence electrons. The molecule has 2 aliphatic heterocycles. The highest BCUT2D eigenvalue weighted by molar-refractivity contribution is 6.47. The molecule has 0 aromatic heterocycles. The normalized spacial score (nSPS) is 30.1.